The molecular formula is C20H14NO6P. The molecule has 2 amide bonds. The van der Waals surface area contributed by atoms with Gasteiger partial charge in [-0.3, -0.25) is 0 Å². The van der Waals surface area contributed by atoms with Crippen LogP contribution in [0.5, 0.6) is 11.5 Å². The van der Waals surface area contributed by atoms with Crippen molar-refractivity contribution < 1.29 is 27.6 Å². The van der Waals surface area contributed by atoms with E-state index in [-0.39, 0.29) is 22.6 Å². The van der Waals surface area contributed by atoms with Gasteiger partial charge in [-0.2, -0.15) is 4.57 Å². The van der Waals surface area contributed by atoms with Gasteiger partial charge in [0.15, 0.2) is 0 Å². The van der Waals surface area contributed by atoms with Gasteiger partial charge >= 0.3 is 19.6 Å². The molecule has 0 atom stereocenters. The molecule has 0 radical (unpaired) electrons. The van der Waals surface area contributed by atoms with Crippen LogP contribution in [0.4, 0.5) is 0 Å². The van der Waals surface area contributed by atoms with Crippen LogP contribution in [0.3, 0.4) is 0 Å². The number of carbonyl (C=O) groups is 2. The van der Waals surface area contributed by atoms with Crippen molar-refractivity contribution in [2.45, 2.75) is 0 Å². The Morgan fingerprint density at radius 3 is 1.39 bits per heavy atom. The van der Waals surface area contributed by atoms with Crippen molar-refractivity contribution in [3.8, 4) is 11.5 Å². The highest BCUT2D eigenvalue weighted by atomic mass is 31.2. The molecule has 8 heteroatoms. The Morgan fingerprint density at radius 1 is 0.643 bits per heavy atom. The fraction of sp³-hybridized carbons (Fsp3) is 0. The number of fused-ring (bicyclic) bond motifs is 1. The first-order valence-electron chi connectivity index (χ1n) is 8.34. The molecule has 3 aromatic carbocycles. The Labute approximate surface area is 160 Å². The van der Waals surface area contributed by atoms with Crippen LogP contribution in [0.15, 0.2) is 84.9 Å². The third-order valence-electron chi connectivity index (χ3n) is 4.21. The molecule has 0 spiro atoms. The molecule has 1 aliphatic heterocycles. The lowest BCUT2D eigenvalue weighted by Gasteiger charge is -2.35. The first-order valence-corrected chi connectivity index (χ1v) is 9.84. The number of quaternary nitrogens is 1. The van der Waals surface area contributed by atoms with Gasteiger partial charge in [0, 0.05) is 0 Å². The quantitative estimate of drug-likeness (QED) is 0.357. The molecule has 4 rings (SSSR count). The lowest BCUT2D eigenvalue weighted by molar-refractivity contribution is -0.584. The summed E-state index contributed by atoms with van der Waals surface area (Å²) in [6.07, 6.45) is 0. The van der Waals surface area contributed by atoms with E-state index in [1.54, 1.807) is 36.4 Å². The number of hydrogen-bond donors (Lipinski definition) is 0. The van der Waals surface area contributed by atoms with Gasteiger partial charge in [-0.25, -0.2) is 9.59 Å². The highest BCUT2D eigenvalue weighted by molar-refractivity contribution is 7.49. The van der Waals surface area contributed by atoms with Crippen molar-refractivity contribution in [3.05, 3.63) is 101 Å². The number of nitrogens with zero attached hydrogens (tertiary/aromatic N) is 1. The van der Waals surface area contributed by atoms with Crippen LogP contribution >= 0.6 is 7.75 Å². The molecule has 0 N–H and O–H groups in total. The SMILES string of the molecule is O=C1c2ccccc2C(=O)[N+]1([O-])P(=O)(Oc1ccccc1)Oc1ccccc1. The lowest BCUT2D eigenvalue weighted by atomic mass is 10.1. The molecule has 0 aromatic heterocycles. The zero-order valence-electron chi connectivity index (χ0n) is 14.4. The van der Waals surface area contributed by atoms with Gasteiger partial charge in [0.1, 0.15) is 11.5 Å². The van der Waals surface area contributed by atoms with Gasteiger partial charge in [-0.1, -0.05) is 48.5 Å². The van der Waals surface area contributed by atoms with Crippen molar-refractivity contribution in [2.24, 2.45) is 0 Å². The summed E-state index contributed by atoms with van der Waals surface area (Å²) in [5, 5.41) is 13.6. The first-order chi connectivity index (χ1) is 13.5. The summed E-state index contributed by atoms with van der Waals surface area (Å²) >= 11 is 0. The van der Waals surface area contributed by atoms with E-state index >= 15 is 0 Å². The summed E-state index contributed by atoms with van der Waals surface area (Å²) in [6, 6.07) is 21.3. The Morgan fingerprint density at radius 2 is 1.00 bits per heavy atom. The molecule has 140 valence electrons. The van der Waals surface area contributed by atoms with Crippen LogP contribution in [0.1, 0.15) is 20.7 Å². The van der Waals surface area contributed by atoms with E-state index in [1.165, 1.54) is 48.5 Å². The maximum atomic E-state index is 13.7. The van der Waals surface area contributed by atoms with Crippen molar-refractivity contribution >= 4 is 19.6 Å². The molecule has 1 heterocycles. The van der Waals surface area contributed by atoms with E-state index in [9.17, 15) is 19.4 Å². The normalized spacial score (nSPS) is 15.2. The van der Waals surface area contributed by atoms with E-state index in [1.807, 2.05) is 0 Å². The predicted molar refractivity (Wildman–Crippen MR) is 100 cm³/mol. The van der Waals surface area contributed by atoms with Crippen LogP contribution in [0, 0.1) is 5.21 Å². The molecule has 0 aliphatic carbocycles. The number of hydrogen-bond acceptors (Lipinski definition) is 6. The van der Waals surface area contributed by atoms with E-state index in [0.29, 0.717) is 0 Å². The number of amides is 2. The van der Waals surface area contributed by atoms with Crippen molar-refractivity contribution in [2.75, 3.05) is 0 Å². The average Bonchev–Trinajstić information content (AvgIpc) is 2.92. The largest absolute Gasteiger partial charge is 0.659 e. The van der Waals surface area contributed by atoms with Crippen LogP contribution in [-0.2, 0) is 4.57 Å². The van der Waals surface area contributed by atoms with Gasteiger partial charge in [-0.05, 0) is 36.4 Å². The molecular weight excluding hydrogens is 381 g/mol. The number of carbonyl (C=O) groups excluding carboxylic acids is 2. The minimum atomic E-state index is -4.93. The number of rotatable bonds is 5. The molecule has 0 saturated carbocycles. The van der Waals surface area contributed by atoms with E-state index < -0.39 is 24.0 Å². The number of hydroxylamine groups is 2. The fourth-order valence-electron chi connectivity index (χ4n) is 2.86. The highest BCUT2D eigenvalue weighted by Crippen LogP contribution is 2.60. The van der Waals surface area contributed by atoms with Gasteiger partial charge < -0.3 is 14.3 Å². The summed E-state index contributed by atoms with van der Waals surface area (Å²) in [5.74, 6) is -2.30. The third-order valence-corrected chi connectivity index (χ3v) is 6.15. The number of benzene rings is 3. The predicted octanol–water partition coefficient (Wildman–Crippen LogP) is 4.56. The van der Waals surface area contributed by atoms with Crippen LogP contribution in [0.25, 0.3) is 0 Å². The standard InChI is InChI=1S/C20H14NO6P/c22-19-17-13-7-8-14-18(17)20(23)21(19,24)28(25,26-15-9-3-1-4-10-15)27-16-11-5-2-6-12-16/h1-14H. The van der Waals surface area contributed by atoms with Gasteiger partial charge in [0.2, 0.25) is 0 Å². The minimum absolute atomic E-state index is 0.0340. The molecule has 1 aliphatic rings. The monoisotopic (exact) mass is 395 g/mol. The lowest BCUT2D eigenvalue weighted by Crippen LogP contribution is -2.46. The smallest absolute Gasteiger partial charge is 0.609 e. The maximum Gasteiger partial charge on any atom is 0.659 e. The third kappa shape index (κ3) is 2.73. The summed E-state index contributed by atoms with van der Waals surface area (Å²) in [5.41, 5.74) is -0.230. The van der Waals surface area contributed by atoms with Crippen LogP contribution in [-0.4, -0.2) is 16.2 Å². The van der Waals surface area contributed by atoms with E-state index in [4.69, 9.17) is 9.05 Å². The first kappa shape index (κ1) is 18.1. The Balaban J connectivity index is 1.85. The van der Waals surface area contributed by atoms with Crippen molar-refractivity contribution in [3.63, 3.8) is 0 Å². The summed E-state index contributed by atoms with van der Waals surface area (Å²) in [4.78, 5) is 25.7. The summed E-state index contributed by atoms with van der Waals surface area (Å²) in [7, 11) is -4.93. The molecule has 0 unspecified atom stereocenters. The Hall–Kier alpha value is -3.25. The molecule has 0 bridgehead atoms. The van der Waals surface area contributed by atoms with Gasteiger partial charge in [0.25, 0.3) is 0 Å². The minimum Gasteiger partial charge on any atom is -0.609 e. The van der Waals surface area contributed by atoms with Gasteiger partial charge in [-0.15, -0.1) is 4.42 Å². The van der Waals surface area contributed by atoms with E-state index in [2.05, 4.69) is 0 Å². The zero-order valence-corrected chi connectivity index (χ0v) is 15.3. The molecule has 28 heavy (non-hydrogen) atoms. The maximum absolute atomic E-state index is 13.7. The molecule has 3 aromatic rings. The Kier molecular flexibility index (Phi) is 4.35. The highest BCUT2D eigenvalue weighted by Gasteiger charge is 2.64. The van der Waals surface area contributed by atoms with E-state index in [0.717, 1.165) is 0 Å². The van der Waals surface area contributed by atoms with Crippen LogP contribution < -0.4 is 9.05 Å². The van der Waals surface area contributed by atoms with Gasteiger partial charge in [0.05, 0.1) is 11.1 Å². The van der Waals surface area contributed by atoms with Crippen LogP contribution in [0.2, 0.25) is 0 Å². The summed E-state index contributed by atoms with van der Waals surface area (Å²) in [6.45, 7) is 0. The second-order valence-electron chi connectivity index (χ2n) is 6.01. The zero-order chi connectivity index (χ0) is 19.8. The molecule has 7 nitrogen and oxygen atoms in total. The number of para-hydroxylation sites is 2. The Bertz CT molecular complexity index is 1020. The van der Waals surface area contributed by atoms with Crippen molar-refractivity contribution in [1.29, 1.82) is 0 Å². The topological polar surface area (TPSA) is 92.7 Å². The van der Waals surface area contributed by atoms with Crippen molar-refractivity contribution in [1.82, 2.24) is 0 Å². The molecule has 0 fully saturated rings. The molecule has 0 saturated heterocycles. The second kappa shape index (κ2) is 6.73. The average molecular weight is 395 g/mol. The second-order valence-corrected chi connectivity index (χ2v) is 7.87. The fourth-order valence-corrected chi connectivity index (χ4v) is 4.56. The summed E-state index contributed by atoms with van der Waals surface area (Å²) < 4.78 is 22.2. The number of imide groups is 1.